The maximum Gasteiger partial charge on any atom is 0.330 e. The monoisotopic (exact) mass is 308 g/mol. The van der Waals surface area contributed by atoms with Gasteiger partial charge in [0.1, 0.15) is 10.7 Å². The Hall–Kier alpha value is -1.99. The van der Waals surface area contributed by atoms with Gasteiger partial charge in [0.2, 0.25) is 0 Å². The van der Waals surface area contributed by atoms with Crippen molar-refractivity contribution in [3.63, 3.8) is 0 Å². The summed E-state index contributed by atoms with van der Waals surface area (Å²) >= 11 is 3.01. The molecule has 2 heterocycles. The lowest BCUT2D eigenvalue weighted by Crippen LogP contribution is -2.23. The lowest BCUT2D eigenvalue weighted by Gasteiger charge is -1.98. The predicted octanol–water partition coefficient (Wildman–Crippen LogP) is 2.33. The lowest BCUT2D eigenvalue weighted by molar-refractivity contribution is -0.134. The molecule has 0 fully saturated rings. The molecule has 0 aromatic carbocycles. The van der Waals surface area contributed by atoms with Gasteiger partial charge in [-0.3, -0.25) is 4.79 Å². The third-order valence-electron chi connectivity index (χ3n) is 2.30. The molecule has 0 bridgehead atoms. The van der Waals surface area contributed by atoms with Gasteiger partial charge < -0.3 is 10.1 Å². The van der Waals surface area contributed by atoms with Crippen molar-refractivity contribution in [2.24, 2.45) is 0 Å². The van der Waals surface area contributed by atoms with E-state index in [0.717, 1.165) is 9.88 Å². The van der Waals surface area contributed by atoms with Crippen molar-refractivity contribution in [3.8, 4) is 9.88 Å². The molecule has 0 unspecified atom stereocenters. The van der Waals surface area contributed by atoms with E-state index in [0.29, 0.717) is 5.69 Å². The summed E-state index contributed by atoms with van der Waals surface area (Å²) in [4.78, 5) is 28.0. The van der Waals surface area contributed by atoms with Gasteiger partial charge in [0.25, 0.3) is 5.91 Å². The number of esters is 1. The summed E-state index contributed by atoms with van der Waals surface area (Å²) in [7, 11) is 1.30. The fourth-order valence-electron chi connectivity index (χ4n) is 1.36. The lowest BCUT2D eigenvalue weighted by atomic mass is 10.4. The van der Waals surface area contributed by atoms with Gasteiger partial charge in [-0.2, -0.15) is 0 Å². The van der Waals surface area contributed by atoms with E-state index in [1.165, 1.54) is 30.6 Å². The first-order valence-electron chi connectivity index (χ1n) is 5.73. The van der Waals surface area contributed by atoms with Gasteiger partial charge >= 0.3 is 5.97 Å². The highest BCUT2D eigenvalue weighted by Gasteiger charge is 2.11. The summed E-state index contributed by atoms with van der Waals surface area (Å²) in [6.07, 6.45) is 2.79. The second-order valence-corrected chi connectivity index (χ2v) is 5.46. The van der Waals surface area contributed by atoms with Crippen LogP contribution in [0.25, 0.3) is 9.88 Å². The molecule has 1 amide bonds. The molecule has 0 aliphatic carbocycles. The molecule has 20 heavy (non-hydrogen) atoms. The zero-order valence-electron chi connectivity index (χ0n) is 10.7. The van der Waals surface area contributed by atoms with Crippen molar-refractivity contribution in [1.82, 2.24) is 10.3 Å². The smallest absolute Gasteiger partial charge is 0.330 e. The topological polar surface area (TPSA) is 68.3 Å². The highest BCUT2D eigenvalue weighted by molar-refractivity contribution is 7.20. The number of carbonyl (C=O) groups excluding carboxylic acids is 2. The molecule has 2 rings (SSSR count). The summed E-state index contributed by atoms with van der Waals surface area (Å²) in [6.45, 7) is 0.250. The number of rotatable bonds is 5. The molecule has 0 saturated heterocycles. The van der Waals surface area contributed by atoms with E-state index in [4.69, 9.17) is 0 Å². The van der Waals surface area contributed by atoms with Crippen LogP contribution in [0.5, 0.6) is 0 Å². The number of amides is 1. The van der Waals surface area contributed by atoms with Gasteiger partial charge in [-0.05, 0) is 11.4 Å². The van der Waals surface area contributed by atoms with Crippen LogP contribution in [0, 0.1) is 0 Å². The maximum atomic E-state index is 11.8. The van der Waals surface area contributed by atoms with Crippen LogP contribution in [0.2, 0.25) is 0 Å². The molecule has 2 aromatic rings. The summed E-state index contributed by atoms with van der Waals surface area (Å²) in [5, 5.41) is 7.16. The average Bonchev–Trinajstić information content (AvgIpc) is 3.12. The molecule has 104 valence electrons. The first-order chi connectivity index (χ1) is 9.70. The van der Waals surface area contributed by atoms with E-state index in [2.05, 4.69) is 15.0 Å². The van der Waals surface area contributed by atoms with Crippen LogP contribution >= 0.6 is 22.7 Å². The SMILES string of the molecule is COC(=O)/C=C/CNC(=O)c1csc(-c2cccs2)n1. The molecule has 7 heteroatoms. The molecular weight excluding hydrogens is 296 g/mol. The number of hydrogen-bond donors (Lipinski definition) is 1. The number of methoxy groups -OCH3 is 1. The van der Waals surface area contributed by atoms with E-state index in [9.17, 15) is 9.59 Å². The Morgan fingerprint density at radius 2 is 2.30 bits per heavy atom. The van der Waals surface area contributed by atoms with Crippen LogP contribution < -0.4 is 5.32 Å². The minimum Gasteiger partial charge on any atom is -0.466 e. The second-order valence-electron chi connectivity index (χ2n) is 3.65. The van der Waals surface area contributed by atoms with Crippen LogP contribution in [0.1, 0.15) is 10.5 Å². The average molecular weight is 308 g/mol. The fraction of sp³-hybridized carbons (Fsp3) is 0.154. The largest absolute Gasteiger partial charge is 0.466 e. The minimum atomic E-state index is -0.451. The van der Waals surface area contributed by atoms with Crippen LogP contribution in [0.15, 0.2) is 35.0 Å². The van der Waals surface area contributed by atoms with Gasteiger partial charge in [-0.25, -0.2) is 9.78 Å². The molecule has 0 atom stereocenters. The molecule has 5 nitrogen and oxygen atoms in total. The van der Waals surface area contributed by atoms with Crippen molar-refractivity contribution in [3.05, 3.63) is 40.7 Å². The summed E-state index contributed by atoms with van der Waals surface area (Å²) in [5.41, 5.74) is 0.380. The third-order valence-corrected chi connectivity index (χ3v) is 4.19. The number of nitrogens with zero attached hydrogens (tertiary/aromatic N) is 1. The number of carbonyl (C=O) groups is 2. The summed E-state index contributed by atoms with van der Waals surface area (Å²) < 4.78 is 4.44. The quantitative estimate of drug-likeness (QED) is 0.680. The highest BCUT2D eigenvalue weighted by Crippen LogP contribution is 2.27. The Kier molecular flexibility index (Phi) is 5.03. The van der Waals surface area contributed by atoms with Gasteiger partial charge in [-0.1, -0.05) is 12.1 Å². The van der Waals surface area contributed by atoms with Gasteiger partial charge in [-0.15, -0.1) is 22.7 Å². The molecule has 0 saturated carbocycles. The molecule has 1 N–H and O–H groups in total. The first kappa shape index (κ1) is 14.4. The summed E-state index contributed by atoms with van der Waals surface area (Å²) in [6, 6.07) is 3.91. The van der Waals surface area contributed by atoms with Crippen molar-refractivity contribution in [1.29, 1.82) is 0 Å². The number of aromatic nitrogens is 1. The van der Waals surface area contributed by atoms with Crippen LogP contribution in [0.4, 0.5) is 0 Å². The standard InChI is InChI=1S/C13H12N2O3S2/c1-18-11(16)5-2-6-14-12(17)9-8-20-13(15-9)10-4-3-7-19-10/h2-5,7-8H,6H2,1H3,(H,14,17)/b5-2+. The number of hydrogen-bond acceptors (Lipinski definition) is 6. The van der Waals surface area contributed by atoms with Crippen LogP contribution in [-0.4, -0.2) is 30.5 Å². The molecule has 0 aliphatic heterocycles. The Bertz CT molecular complexity index is 617. The normalized spacial score (nSPS) is 10.7. The van der Waals surface area contributed by atoms with Gasteiger partial charge in [0.15, 0.2) is 0 Å². The Balaban J connectivity index is 1.90. The Morgan fingerprint density at radius 3 is 3.00 bits per heavy atom. The number of thiazole rings is 1. The number of nitrogens with one attached hydrogen (secondary N) is 1. The maximum absolute atomic E-state index is 11.8. The van der Waals surface area contributed by atoms with E-state index in [-0.39, 0.29) is 12.5 Å². The van der Waals surface area contributed by atoms with Gasteiger partial charge in [0.05, 0.1) is 12.0 Å². The second kappa shape index (κ2) is 6.97. The van der Waals surface area contributed by atoms with Crippen molar-refractivity contribution in [2.75, 3.05) is 13.7 Å². The number of ether oxygens (including phenoxy) is 1. The van der Waals surface area contributed by atoms with Crippen molar-refractivity contribution in [2.45, 2.75) is 0 Å². The Labute approximate surface area is 123 Å². The van der Waals surface area contributed by atoms with Gasteiger partial charge in [0, 0.05) is 18.0 Å². The van der Waals surface area contributed by atoms with E-state index >= 15 is 0 Å². The molecule has 0 aliphatic rings. The van der Waals surface area contributed by atoms with E-state index < -0.39 is 5.97 Å². The predicted molar refractivity (Wildman–Crippen MR) is 78.9 cm³/mol. The molecular formula is C13H12N2O3S2. The first-order valence-corrected chi connectivity index (χ1v) is 7.48. The van der Waals surface area contributed by atoms with Crippen LogP contribution in [0.3, 0.4) is 0 Å². The number of thiophene rings is 1. The molecule has 2 aromatic heterocycles. The zero-order valence-corrected chi connectivity index (χ0v) is 12.3. The van der Waals surface area contributed by atoms with E-state index in [1.54, 1.807) is 16.7 Å². The third kappa shape index (κ3) is 3.75. The molecule has 0 spiro atoms. The summed E-state index contributed by atoms with van der Waals surface area (Å²) in [5.74, 6) is -0.716. The van der Waals surface area contributed by atoms with Crippen molar-refractivity contribution < 1.29 is 14.3 Å². The van der Waals surface area contributed by atoms with Crippen LogP contribution in [-0.2, 0) is 9.53 Å². The fourth-order valence-corrected chi connectivity index (χ4v) is 2.97. The molecule has 0 radical (unpaired) electrons. The zero-order chi connectivity index (χ0) is 14.4. The Morgan fingerprint density at radius 1 is 1.45 bits per heavy atom. The van der Waals surface area contributed by atoms with Crippen molar-refractivity contribution >= 4 is 34.6 Å². The van der Waals surface area contributed by atoms with E-state index in [1.807, 2.05) is 17.5 Å². The minimum absolute atomic E-state index is 0.250. The highest BCUT2D eigenvalue weighted by atomic mass is 32.1.